The van der Waals surface area contributed by atoms with E-state index in [1.165, 1.54) is 11.8 Å². The van der Waals surface area contributed by atoms with E-state index in [9.17, 15) is 4.79 Å². The number of para-hydroxylation sites is 3. The molecule has 0 bridgehead atoms. The van der Waals surface area contributed by atoms with Gasteiger partial charge in [0.15, 0.2) is 5.16 Å². The lowest BCUT2D eigenvalue weighted by molar-refractivity contribution is -0.113. The average molecular weight is 368 g/mol. The lowest BCUT2D eigenvalue weighted by atomic mass is 10.3. The summed E-state index contributed by atoms with van der Waals surface area (Å²) in [4.78, 5) is 12.3. The van der Waals surface area contributed by atoms with Gasteiger partial charge >= 0.3 is 0 Å². The summed E-state index contributed by atoms with van der Waals surface area (Å²) < 4.78 is 7.24. The van der Waals surface area contributed by atoms with Crippen molar-refractivity contribution in [3.63, 3.8) is 0 Å². The SMILES string of the molecule is CCc1nnc(SCC(=O)Nc2ccccc2OC)n1-c1ccccc1. The summed E-state index contributed by atoms with van der Waals surface area (Å²) in [6.07, 6.45) is 0.760. The van der Waals surface area contributed by atoms with E-state index in [0.29, 0.717) is 16.6 Å². The van der Waals surface area contributed by atoms with E-state index in [-0.39, 0.29) is 11.7 Å². The number of aromatic nitrogens is 3. The molecule has 0 fully saturated rings. The Balaban J connectivity index is 1.72. The van der Waals surface area contributed by atoms with E-state index in [1.807, 2.05) is 66.1 Å². The van der Waals surface area contributed by atoms with Crippen LogP contribution in [0.5, 0.6) is 5.75 Å². The first-order valence-corrected chi connectivity index (χ1v) is 9.27. The highest BCUT2D eigenvalue weighted by atomic mass is 32.2. The lowest BCUT2D eigenvalue weighted by Gasteiger charge is -2.11. The van der Waals surface area contributed by atoms with Gasteiger partial charge in [-0.2, -0.15) is 0 Å². The molecule has 0 atom stereocenters. The fourth-order valence-corrected chi connectivity index (χ4v) is 3.29. The molecule has 0 saturated heterocycles. The molecule has 3 aromatic rings. The summed E-state index contributed by atoms with van der Waals surface area (Å²) in [5.74, 6) is 1.60. The van der Waals surface area contributed by atoms with E-state index in [0.717, 1.165) is 17.9 Å². The molecule has 7 heteroatoms. The Kier molecular flexibility index (Phi) is 5.91. The van der Waals surface area contributed by atoms with Gasteiger partial charge < -0.3 is 10.1 Å². The van der Waals surface area contributed by atoms with Crippen molar-refractivity contribution in [2.24, 2.45) is 0 Å². The molecule has 6 nitrogen and oxygen atoms in total. The first-order chi connectivity index (χ1) is 12.7. The highest BCUT2D eigenvalue weighted by Crippen LogP contribution is 2.25. The van der Waals surface area contributed by atoms with Gasteiger partial charge in [0.25, 0.3) is 0 Å². The normalized spacial score (nSPS) is 10.5. The van der Waals surface area contributed by atoms with Crippen molar-refractivity contribution >= 4 is 23.4 Å². The summed E-state index contributed by atoms with van der Waals surface area (Å²) in [6, 6.07) is 17.2. The molecule has 1 amide bonds. The Morgan fingerprint density at radius 1 is 1.12 bits per heavy atom. The number of carbonyl (C=O) groups excluding carboxylic acids is 1. The van der Waals surface area contributed by atoms with Gasteiger partial charge in [0, 0.05) is 12.1 Å². The summed E-state index contributed by atoms with van der Waals surface area (Å²) in [5, 5.41) is 12.1. The zero-order valence-electron chi connectivity index (χ0n) is 14.7. The number of methoxy groups -OCH3 is 1. The van der Waals surface area contributed by atoms with Crippen molar-refractivity contribution in [3.05, 3.63) is 60.4 Å². The molecule has 1 heterocycles. The molecule has 0 spiro atoms. The van der Waals surface area contributed by atoms with Gasteiger partial charge in [-0.3, -0.25) is 9.36 Å². The van der Waals surface area contributed by atoms with E-state index < -0.39 is 0 Å². The standard InChI is InChI=1S/C19H20N4O2S/c1-3-17-21-22-19(23(17)14-9-5-4-6-10-14)26-13-18(24)20-15-11-7-8-12-16(15)25-2/h4-12H,3,13H2,1-2H3,(H,20,24). The van der Waals surface area contributed by atoms with Gasteiger partial charge in [-0.25, -0.2) is 0 Å². The molecular weight excluding hydrogens is 348 g/mol. The van der Waals surface area contributed by atoms with Crippen molar-refractivity contribution in [2.75, 3.05) is 18.2 Å². The zero-order chi connectivity index (χ0) is 18.4. The number of hydrogen-bond donors (Lipinski definition) is 1. The molecule has 2 aromatic carbocycles. The van der Waals surface area contributed by atoms with Crippen LogP contribution in [0.1, 0.15) is 12.7 Å². The molecule has 1 aromatic heterocycles. The number of thioether (sulfide) groups is 1. The molecule has 0 aliphatic heterocycles. The molecule has 3 rings (SSSR count). The number of carbonyl (C=O) groups is 1. The van der Waals surface area contributed by atoms with Gasteiger partial charge in [0.2, 0.25) is 5.91 Å². The number of ether oxygens (including phenoxy) is 1. The Morgan fingerprint density at radius 2 is 1.85 bits per heavy atom. The Labute approximate surface area is 156 Å². The number of amides is 1. The van der Waals surface area contributed by atoms with Crippen LogP contribution in [0.25, 0.3) is 5.69 Å². The van der Waals surface area contributed by atoms with Crippen molar-refractivity contribution < 1.29 is 9.53 Å². The van der Waals surface area contributed by atoms with E-state index in [2.05, 4.69) is 15.5 Å². The molecule has 134 valence electrons. The number of hydrogen-bond acceptors (Lipinski definition) is 5. The van der Waals surface area contributed by atoms with Crippen LogP contribution in [0.3, 0.4) is 0 Å². The first kappa shape index (κ1) is 18.0. The number of rotatable bonds is 7. The molecular formula is C19H20N4O2S. The second-order valence-corrected chi connectivity index (χ2v) is 6.40. The van der Waals surface area contributed by atoms with E-state index >= 15 is 0 Å². The third kappa shape index (κ3) is 4.05. The summed E-state index contributed by atoms with van der Waals surface area (Å²) in [7, 11) is 1.58. The maximum absolute atomic E-state index is 12.3. The smallest absolute Gasteiger partial charge is 0.234 e. The van der Waals surface area contributed by atoms with Crippen LogP contribution >= 0.6 is 11.8 Å². The van der Waals surface area contributed by atoms with Crippen molar-refractivity contribution in [3.8, 4) is 11.4 Å². The van der Waals surface area contributed by atoms with Gasteiger partial charge in [-0.1, -0.05) is 49.0 Å². The van der Waals surface area contributed by atoms with E-state index in [1.54, 1.807) is 7.11 Å². The van der Waals surface area contributed by atoms with Gasteiger partial charge in [0.05, 0.1) is 18.6 Å². The molecule has 0 radical (unpaired) electrons. The Hall–Kier alpha value is -2.80. The van der Waals surface area contributed by atoms with Crippen LogP contribution in [0, 0.1) is 0 Å². The molecule has 1 N–H and O–H groups in total. The second kappa shape index (κ2) is 8.53. The fourth-order valence-electron chi connectivity index (χ4n) is 2.52. The largest absolute Gasteiger partial charge is 0.495 e. The summed E-state index contributed by atoms with van der Waals surface area (Å²) >= 11 is 1.36. The molecule has 0 aliphatic carbocycles. The number of aryl methyl sites for hydroxylation is 1. The number of nitrogens with zero attached hydrogens (tertiary/aromatic N) is 3. The topological polar surface area (TPSA) is 69.0 Å². The third-order valence-electron chi connectivity index (χ3n) is 3.74. The lowest BCUT2D eigenvalue weighted by Crippen LogP contribution is -2.15. The monoisotopic (exact) mass is 368 g/mol. The van der Waals surface area contributed by atoms with Gasteiger partial charge in [-0.05, 0) is 24.3 Å². The van der Waals surface area contributed by atoms with Crippen LogP contribution in [-0.4, -0.2) is 33.5 Å². The fraction of sp³-hybridized carbons (Fsp3) is 0.211. The Bertz CT molecular complexity index is 880. The number of anilines is 1. The first-order valence-electron chi connectivity index (χ1n) is 8.28. The van der Waals surface area contributed by atoms with Gasteiger partial charge in [-0.15, -0.1) is 10.2 Å². The van der Waals surface area contributed by atoms with Gasteiger partial charge in [0.1, 0.15) is 11.6 Å². The summed E-state index contributed by atoms with van der Waals surface area (Å²) in [5.41, 5.74) is 1.64. The maximum atomic E-state index is 12.3. The number of nitrogens with one attached hydrogen (secondary N) is 1. The zero-order valence-corrected chi connectivity index (χ0v) is 15.5. The predicted molar refractivity (Wildman–Crippen MR) is 103 cm³/mol. The predicted octanol–water partition coefficient (Wildman–Crippen LogP) is 3.57. The maximum Gasteiger partial charge on any atom is 0.234 e. The highest BCUT2D eigenvalue weighted by Gasteiger charge is 2.15. The van der Waals surface area contributed by atoms with E-state index in [4.69, 9.17) is 4.74 Å². The third-order valence-corrected chi connectivity index (χ3v) is 4.67. The van der Waals surface area contributed by atoms with Crippen molar-refractivity contribution in [1.29, 1.82) is 0 Å². The minimum atomic E-state index is -0.125. The van der Waals surface area contributed by atoms with Crippen molar-refractivity contribution in [1.82, 2.24) is 14.8 Å². The highest BCUT2D eigenvalue weighted by molar-refractivity contribution is 7.99. The Morgan fingerprint density at radius 3 is 2.58 bits per heavy atom. The minimum absolute atomic E-state index is 0.125. The summed E-state index contributed by atoms with van der Waals surface area (Å²) in [6.45, 7) is 2.03. The molecule has 0 unspecified atom stereocenters. The second-order valence-electron chi connectivity index (χ2n) is 5.46. The van der Waals surface area contributed by atoms with Crippen LogP contribution in [0.4, 0.5) is 5.69 Å². The van der Waals surface area contributed by atoms with Crippen LogP contribution in [0.2, 0.25) is 0 Å². The van der Waals surface area contributed by atoms with Crippen LogP contribution < -0.4 is 10.1 Å². The average Bonchev–Trinajstić information content (AvgIpc) is 3.10. The van der Waals surface area contributed by atoms with Crippen LogP contribution in [-0.2, 0) is 11.2 Å². The number of benzene rings is 2. The van der Waals surface area contributed by atoms with Crippen molar-refractivity contribution in [2.45, 2.75) is 18.5 Å². The molecule has 26 heavy (non-hydrogen) atoms. The molecule has 0 aliphatic rings. The quantitative estimate of drug-likeness (QED) is 0.646. The molecule has 0 saturated carbocycles. The minimum Gasteiger partial charge on any atom is -0.495 e. The van der Waals surface area contributed by atoms with Crippen LogP contribution in [0.15, 0.2) is 59.8 Å².